The number of hydrogen-bond donors (Lipinski definition) is 1. The summed E-state index contributed by atoms with van der Waals surface area (Å²) < 4.78 is 50.1. The van der Waals surface area contributed by atoms with Gasteiger partial charge in [0.1, 0.15) is 6.54 Å². The van der Waals surface area contributed by atoms with Crippen molar-refractivity contribution >= 4 is 31.6 Å². The fourth-order valence-corrected chi connectivity index (χ4v) is 5.26. The van der Waals surface area contributed by atoms with Crippen molar-refractivity contribution in [3.63, 3.8) is 0 Å². The van der Waals surface area contributed by atoms with Crippen LogP contribution in [0.4, 0.5) is 5.69 Å². The average molecular weight is 389 g/mol. The van der Waals surface area contributed by atoms with Gasteiger partial charge in [-0.05, 0) is 25.5 Å². The first-order chi connectivity index (χ1) is 11.5. The minimum Gasteiger partial charge on any atom is -0.351 e. The molecule has 140 valence electrons. The lowest BCUT2D eigenvalue weighted by Crippen LogP contribution is -2.48. The quantitative estimate of drug-likeness (QED) is 0.732. The summed E-state index contributed by atoms with van der Waals surface area (Å²) >= 11 is 0. The molecule has 1 unspecified atom stereocenters. The SMILES string of the molecule is Cc1ccc(N(CC(=O)NC2CCS(=O)(=O)C2)S(=O)(=O)N(C)C)cc1. The van der Waals surface area contributed by atoms with Crippen LogP contribution >= 0.6 is 0 Å². The number of sulfone groups is 1. The van der Waals surface area contributed by atoms with Gasteiger partial charge in [0.25, 0.3) is 0 Å². The molecule has 25 heavy (non-hydrogen) atoms. The molecule has 1 amide bonds. The third-order valence-electron chi connectivity index (χ3n) is 3.95. The summed E-state index contributed by atoms with van der Waals surface area (Å²) in [5.41, 5.74) is 1.33. The summed E-state index contributed by atoms with van der Waals surface area (Å²) in [5.74, 6) is -0.604. The van der Waals surface area contributed by atoms with Gasteiger partial charge in [0.15, 0.2) is 9.84 Å². The number of amides is 1. The Balaban J connectivity index is 2.19. The first-order valence-electron chi connectivity index (χ1n) is 7.78. The van der Waals surface area contributed by atoms with Crippen LogP contribution < -0.4 is 9.62 Å². The van der Waals surface area contributed by atoms with Crippen LogP contribution in [0.2, 0.25) is 0 Å². The fraction of sp³-hybridized carbons (Fsp3) is 0.533. The van der Waals surface area contributed by atoms with Gasteiger partial charge in [-0.25, -0.2) is 12.7 Å². The van der Waals surface area contributed by atoms with E-state index in [4.69, 9.17) is 0 Å². The summed E-state index contributed by atoms with van der Waals surface area (Å²) in [7, 11) is -4.22. The molecule has 1 aromatic carbocycles. The average Bonchev–Trinajstić information content (AvgIpc) is 2.84. The van der Waals surface area contributed by atoms with E-state index in [2.05, 4.69) is 5.32 Å². The summed E-state index contributed by atoms with van der Waals surface area (Å²) in [6.07, 6.45) is 0.346. The molecule has 1 N–H and O–H groups in total. The summed E-state index contributed by atoms with van der Waals surface area (Å²) in [6, 6.07) is 6.30. The van der Waals surface area contributed by atoms with Crippen LogP contribution in [0.25, 0.3) is 0 Å². The van der Waals surface area contributed by atoms with E-state index in [0.29, 0.717) is 12.1 Å². The second kappa shape index (κ2) is 7.30. The number of carbonyl (C=O) groups excluding carboxylic acids is 1. The van der Waals surface area contributed by atoms with Crippen molar-refractivity contribution in [3.05, 3.63) is 29.8 Å². The highest BCUT2D eigenvalue weighted by atomic mass is 32.2. The van der Waals surface area contributed by atoms with E-state index < -0.39 is 38.5 Å². The normalized spacial score (nSPS) is 19.8. The van der Waals surface area contributed by atoms with Gasteiger partial charge in [0.2, 0.25) is 5.91 Å². The monoisotopic (exact) mass is 389 g/mol. The number of nitrogens with one attached hydrogen (secondary N) is 1. The number of rotatable bonds is 6. The first-order valence-corrected chi connectivity index (χ1v) is 11.0. The largest absolute Gasteiger partial charge is 0.351 e. The highest BCUT2D eigenvalue weighted by Gasteiger charge is 2.31. The van der Waals surface area contributed by atoms with Gasteiger partial charge in [-0.1, -0.05) is 17.7 Å². The Hall–Kier alpha value is -1.65. The van der Waals surface area contributed by atoms with Crippen LogP contribution in [-0.2, 0) is 24.8 Å². The van der Waals surface area contributed by atoms with Gasteiger partial charge in [-0.2, -0.15) is 12.7 Å². The van der Waals surface area contributed by atoms with Gasteiger partial charge in [-0.15, -0.1) is 0 Å². The molecule has 1 heterocycles. The van der Waals surface area contributed by atoms with Crippen molar-refractivity contribution in [1.82, 2.24) is 9.62 Å². The second-order valence-corrected chi connectivity index (χ2v) is 10.6. The molecule has 0 spiro atoms. The standard InChI is InChI=1S/C15H23N3O5S2/c1-12-4-6-14(7-5-12)18(25(22,23)17(2)3)10-15(19)16-13-8-9-24(20,21)11-13/h4-7,13H,8-11H2,1-3H3,(H,16,19). The molecule has 8 nitrogen and oxygen atoms in total. The first kappa shape index (κ1) is 19.7. The number of carbonyl (C=O) groups is 1. The van der Waals surface area contributed by atoms with Crippen molar-refractivity contribution in [3.8, 4) is 0 Å². The molecule has 0 aromatic heterocycles. The molecule has 1 aliphatic heterocycles. The highest BCUT2D eigenvalue weighted by Crippen LogP contribution is 2.20. The topological polar surface area (TPSA) is 104 Å². The zero-order valence-electron chi connectivity index (χ0n) is 14.5. The minimum absolute atomic E-state index is 0.0373. The lowest BCUT2D eigenvalue weighted by atomic mass is 10.2. The molecule has 1 aromatic rings. The van der Waals surface area contributed by atoms with Crippen LogP contribution in [0.15, 0.2) is 24.3 Å². The van der Waals surface area contributed by atoms with Crippen LogP contribution in [0.1, 0.15) is 12.0 Å². The minimum atomic E-state index is -3.87. The molecule has 1 atom stereocenters. The van der Waals surface area contributed by atoms with Crippen LogP contribution in [-0.4, -0.2) is 65.2 Å². The summed E-state index contributed by atoms with van der Waals surface area (Å²) in [4.78, 5) is 12.3. The lowest BCUT2D eigenvalue weighted by Gasteiger charge is -2.27. The Morgan fingerprint density at radius 1 is 1.24 bits per heavy atom. The van der Waals surface area contributed by atoms with E-state index in [1.165, 1.54) is 14.1 Å². The zero-order valence-corrected chi connectivity index (χ0v) is 16.1. The van der Waals surface area contributed by atoms with E-state index in [1.807, 2.05) is 6.92 Å². The van der Waals surface area contributed by atoms with E-state index in [1.54, 1.807) is 24.3 Å². The number of nitrogens with zero attached hydrogens (tertiary/aromatic N) is 2. The predicted octanol–water partition coefficient (Wildman–Crippen LogP) is -0.0889. The number of benzene rings is 1. The molecule has 0 saturated carbocycles. The van der Waals surface area contributed by atoms with Gasteiger partial charge >= 0.3 is 10.2 Å². The number of hydrogen-bond acceptors (Lipinski definition) is 5. The van der Waals surface area contributed by atoms with E-state index in [9.17, 15) is 21.6 Å². The van der Waals surface area contributed by atoms with Crippen molar-refractivity contribution in [2.24, 2.45) is 0 Å². The Bertz CT molecular complexity index is 832. The van der Waals surface area contributed by atoms with Crippen molar-refractivity contribution in [1.29, 1.82) is 0 Å². The second-order valence-electron chi connectivity index (χ2n) is 6.30. The van der Waals surface area contributed by atoms with Crippen molar-refractivity contribution in [2.45, 2.75) is 19.4 Å². The zero-order chi connectivity index (χ0) is 18.8. The molecule has 1 fully saturated rings. The maximum Gasteiger partial charge on any atom is 0.304 e. The Labute approximate surface area is 148 Å². The van der Waals surface area contributed by atoms with Gasteiger partial charge < -0.3 is 5.32 Å². The predicted molar refractivity (Wildman–Crippen MR) is 96.3 cm³/mol. The summed E-state index contributed by atoms with van der Waals surface area (Å²) in [6.45, 7) is 1.46. The van der Waals surface area contributed by atoms with E-state index >= 15 is 0 Å². The van der Waals surface area contributed by atoms with Gasteiger partial charge in [0.05, 0.1) is 17.2 Å². The van der Waals surface area contributed by atoms with Crippen LogP contribution in [0.5, 0.6) is 0 Å². The third-order valence-corrected chi connectivity index (χ3v) is 7.53. The molecule has 0 bridgehead atoms. The Morgan fingerprint density at radius 2 is 1.84 bits per heavy atom. The molecule has 10 heteroatoms. The Morgan fingerprint density at radius 3 is 2.32 bits per heavy atom. The van der Waals surface area contributed by atoms with Crippen LogP contribution in [0, 0.1) is 6.92 Å². The highest BCUT2D eigenvalue weighted by molar-refractivity contribution is 7.91. The van der Waals surface area contributed by atoms with Gasteiger partial charge in [-0.3, -0.25) is 4.79 Å². The maximum atomic E-state index is 12.6. The summed E-state index contributed by atoms with van der Waals surface area (Å²) in [5, 5.41) is 2.61. The fourth-order valence-electron chi connectivity index (χ4n) is 2.53. The van der Waals surface area contributed by atoms with Crippen molar-refractivity contribution < 1.29 is 21.6 Å². The van der Waals surface area contributed by atoms with Crippen molar-refractivity contribution in [2.75, 3.05) is 36.5 Å². The maximum absolute atomic E-state index is 12.6. The smallest absolute Gasteiger partial charge is 0.304 e. The van der Waals surface area contributed by atoms with E-state index in [0.717, 1.165) is 14.2 Å². The molecular weight excluding hydrogens is 366 g/mol. The van der Waals surface area contributed by atoms with Gasteiger partial charge in [0, 0.05) is 20.1 Å². The lowest BCUT2D eigenvalue weighted by molar-refractivity contribution is -0.120. The molecule has 2 rings (SSSR count). The molecule has 1 saturated heterocycles. The molecule has 1 aliphatic rings. The Kier molecular flexibility index (Phi) is 5.75. The molecule has 0 radical (unpaired) electrons. The third kappa shape index (κ3) is 4.93. The van der Waals surface area contributed by atoms with Crippen LogP contribution in [0.3, 0.4) is 0 Å². The van der Waals surface area contributed by atoms with E-state index in [-0.39, 0.29) is 11.5 Å². The number of anilines is 1. The number of aryl methyl sites for hydroxylation is 1. The molecule has 0 aliphatic carbocycles. The molecular formula is C15H23N3O5S2.